The van der Waals surface area contributed by atoms with Crippen LogP contribution in [-0.2, 0) is 5.54 Å². The van der Waals surface area contributed by atoms with Crippen molar-refractivity contribution in [3.8, 4) is 0 Å². The summed E-state index contributed by atoms with van der Waals surface area (Å²) in [5.74, 6) is 0. The molecule has 0 bridgehead atoms. The standard InChI is InChI=1S/C18H27N/c1-5-8-10-13-16(6-2)18(4,19-7-3)17-14-11-9-12-15-17/h5,8-9,11-15,19H,6-7,10H2,1-4H3/b8-5-,16-13+. The van der Waals surface area contributed by atoms with Crippen LogP contribution in [0.15, 0.2) is 54.1 Å². The van der Waals surface area contributed by atoms with Crippen LogP contribution in [0.3, 0.4) is 0 Å². The van der Waals surface area contributed by atoms with E-state index in [0.29, 0.717) is 0 Å². The van der Waals surface area contributed by atoms with Gasteiger partial charge in [-0.3, -0.25) is 0 Å². The molecule has 1 N–H and O–H groups in total. The van der Waals surface area contributed by atoms with Crippen molar-refractivity contribution in [3.05, 3.63) is 59.7 Å². The first-order valence-electron chi connectivity index (χ1n) is 7.30. The van der Waals surface area contributed by atoms with E-state index < -0.39 is 0 Å². The number of hydrogen-bond acceptors (Lipinski definition) is 1. The second-order valence-electron chi connectivity index (χ2n) is 4.91. The molecule has 0 aliphatic carbocycles. The number of likely N-dealkylation sites (N-methyl/N-ethyl adjacent to an activating group) is 1. The van der Waals surface area contributed by atoms with Crippen LogP contribution in [0.5, 0.6) is 0 Å². The van der Waals surface area contributed by atoms with E-state index in [0.717, 1.165) is 19.4 Å². The zero-order valence-electron chi connectivity index (χ0n) is 12.7. The predicted octanol–water partition coefficient (Wildman–Crippen LogP) is 4.81. The van der Waals surface area contributed by atoms with Gasteiger partial charge in [0.2, 0.25) is 0 Å². The summed E-state index contributed by atoms with van der Waals surface area (Å²) in [6, 6.07) is 10.7. The molecule has 1 rings (SSSR count). The number of nitrogens with one attached hydrogen (secondary N) is 1. The average molecular weight is 257 g/mol. The first kappa shape index (κ1) is 15.7. The van der Waals surface area contributed by atoms with Crippen molar-refractivity contribution in [3.63, 3.8) is 0 Å². The molecule has 0 aliphatic heterocycles. The third-order valence-electron chi connectivity index (χ3n) is 3.64. The molecule has 0 saturated heterocycles. The molecule has 0 saturated carbocycles. The van der Waals surface area contributed by atoms with E-state index >= 15 is 0 Å². The van der Waals surface area contributed by atoms with E-state index in [2.05, 4.69) is 81.6 Å². The number of hydrogen-bond donors (Lipinski definition) is 1. The summed E-state index contributed by atoms with van der Waals surface area (Å²) in [7, 11) is 0. The minimum Gasteiger partial charge on any atom is -0.304 e. The van der Waals surface area contributed by atoms with Gasteiger partial charge in [-0.05, 0) is 38.8 Å². The minimum atomic E-state index is -0.0632. The van der Waals surface area contributed by atoms with Gasteiger partial charge in [-0.1, -0.05) is 68.0 Å². The monoisotopic (exact) mass is 257 g/mol. The van der Waals surface area contributed by atoms with Crippen LogP contribution in [-0.4, -0.2) is 6.54 Å². The molecule has 0 heterocycles. The van der Waals surface area contributed by atoms with E-state index in [9.17, 15) is 0 Å². The van der Waals surface area contributed by atoms with Crippen LogP contribution in [0, 0.1) is 0 Å². The topological polar surface area (TPSA) is 12.0 Å². The third kappa shape index (κ3) is 4.07. The van der Waals surface area contributed by atoms with Gasteiger partial charge in [-0.2, -0.15) is 0 Å². The fourth-order valence-electron chi connectivity index (χ4n) is 2.57. The smallest absolute Gasteiger partial charge is 0.0621 e. The van der Waals surface area contributed by atoms with E-state index in [1.165, 1.54) is 11.1 Å². The molecule has 0 spiro atoms. The Kier molecular flexibility index (Phi) is 6.58. The maximum absolute atomic E-state index is 3.66. The van der Waals surface area contributed by atoms with E-state index in [1.807, 2.05) is 0 Å². The lowest BCUT2D eigenvalue weighted by Crippen LogP contribution is -2.41. The van der Waals surface area contributed by atoms with Gasteiger partial charge in [0.1, 0.15) is 0 Å². The van der Waals surface area contributed by atoms with E-state index in [4.69, 9.17) is 0 Å². The van der Waals surface area contributed by atoms with Gasteiger partial charge in [0.05, 0.1) is 5.54 Å². The highest BCUT2D eigenvalue weighted by atomic mass is 15.0. The maximum atomic E-state index is 3.66. The summed E-state index contributed by atoms with van der Waals surface area (Å²) in [5, 5.41) is 3.66. The lowest BCUT2D eigenvalue weighted by molar-refractivity contribution is 0.431. The fraction of sp³-hybridized carbons (Fsp3) is 0.444. The van der Waals surface area contributed by atoms with Crippen LogP contribution in [0.1, 0.15) is 46.1 Å². The summed E-state index contributed by atoms with van der Waals surface area (Å²) in [6.07, 6.45) is 8.74. The van der Waals surface area contributed by atoms with Crippen LogP contribution >= 0.6 is 0 Å². The molecule has 0 aliphatic rings. The zero-order chi connectivity index (χ0) is 14.1. The second-order valence-corrected chi connectivity index (χ2v) is 4.91. The maximum Gasteiger partial charge on any atom is 0.0621 e. The summed E-state index contributed by atoms with van der Waals surface area (Å²) < 4.78 is 0. The molecular formula is C18H27N. The Morgan fingerprint density at radius 3 is 2.42 bits per heavy atom. The minimum absolute atomic E-state index is 0.0632. The Bertz CT molecular complexity index is 417. The molecule has 0 aromatic heterocycles. The van der Waals surface area contributed by atoms with Gasteiger partial charge in [0, 0.05) is 0 Å². The Labute approximate surface area is 118 Å². The van der Waals surface area contributed by atoms with Gasteiger partial charge in [-0.25, -0.2) is 0 Å². The third-order valence-corrected chi connectivity index (χ3v) is 3.64. The second kappa shape index (κ2) is 7.96. The molecular weight excluding hydrogens is 230 g/mol. The summed E-state index contributed by atoms with van der Waals surface area (Å²) in [4.78, 5) is 0. The van der Waals surface area contributed by atoms with Crippen LogP contribution in [0.2, 0.25) is 0 Å². The molecule has 1 aromatic carbocycles. The Hall–Kier alpha value is -1.34. The van der Waals surface area contributed by atoms with Crippen molar-refractivity contribution in [2.75, 3.05) is 6.54 Å². The SMILES string of the molecule is C/C=C\C/C=C(\CC)C(C)(NCC)c1ccccc1. The molecule has 1 aromatic rings. The lowest BCUT2D eigenvalue weighted by Gasteiger charge is -2.34. The molecule has 1 unspecified atom stereocenters. The number of benzene rings is 1. The van der Waals surface area contributed by atoms with Gasteiger partial charge < -0.3 is 5.32 Å². The Morgan fingerprint density at radius 1 is 1.21 bits per heavy atom. The summed E-state index contributed by atoms with van der Waals surface area (Å²) >= 11 is 0. The van der Waals surface area contributed by atoms with Crippen molar-refractivity contribution < 1.29 is 0 Å². The van der Waals surface area contributed by atoms with Gasteiger partial charge in [-0.15, -0.1) is 0 Å². The summed E-state index contributed by atoms with van der Waals surface area (Å²) in [6.45, 7) is 9.73. The fourth-order valence-corrected chi connectivity index (χ4v) is 2.57. The van der Waals surface area contributed by atoms with Gasteiger partial charge in [0.25, 0.3) is 0 Å². The van der Waals surface area contributed by atoms with Crippen LogP contribution in [0.25, 0.3) is 0 Å². The Morgan fingerprint density at radius 2 is 1.89 bits per heavy atom. The van der Waals surface area contributed by atoms with Crippen molar-refractivity contribution in [2.45, 2.75) is 46.1 Å². The van der Waals surface area contributed by atoms with E-state index in [-0.39, 0.29) is 5.54 Å². The average Bonchev–Trinajstić information content (AvgIpc) is 2.45. The first-order valence-corrected chi connectivity index (χ1v) is 7.30. The van der Waals surface area contributed by atoms with Crippen LogP contribution < -0.4 is 5.32 Å². The molecule has 1 atom stereocenters. The van der Waals surface area contributed by atoms with Crippen molar-refractivity contribution in [1.82, 2.24) is 5.32 Å². The van der Waals surface area contributed by atoms with Crippen molar-refractivity contribution in [1.29, 1.82) is 0 Å². The molecule has 0 amide bonds. The molecule has 104 valence electrons. The van der Waals surface area contributed by atoms with Crippen molar-refractivity contribution in [2.24, 2.45) is 0 Å². The number of allylic oxidation sites excluding steroid dienone is 3. The highest BCUT2D eigenvalue weighted by molar-refractivity contribution is 5.34. The first-order chi connectivity index (χ1) is 9.19. The van der Waals surface area contributed by atoms with Gasteiger partial charge >= 0.3 is 0 Å². The number of rotatable bonds is 7. The normalized spacial score (nSPS) is 15.7. The van der Waals surface area contributed by atoms with E-state index in [1.54, 1.807) is 0 Å². The van der Waals surface area contributed by atoms with Crippen LogP contribution in [0.4, 0.5) is 0 Å². The molecule has 1 heteroatoms. The van der Waals surface area contributed by atoms with Gasteiger partial charge in [0.15, 0.2) is 0 Å². The molecule has 19 heavy (non-hydrogen) atoms. The van der Waals surface area contributed by atoms with Crippen molar-refractivity contribution >= 4 is 0 Å². The lowest BCUT2D eigenvalue weighted by atomic mass is 9.82. The quantitative estimate of drug-likeness (QED) is 0.691. The molecule has 1 nitrogen and oxygen atoms in total. The summed E-state index contributed by atoms with van der Waals surface area (Å²) in [5.41, 5.74) is 2.73. The largest absolute Gasteiger partial charge is 0.304 e. The highest BCUT2D eigenvalue weighted by Gasteiger charge is 2.28. The zero-order valence-corrected chi connectivity index (χ0v) is 12.7. The Balaban J connectivity index is 3.12. The predicted molar refractivity (Wildman–Crippen MR) is 85.3 cm³/mol. The highest BCUT2D eigenvalue weighted by Crippen LogP contribution is 2.31. The molecule has 0 radical (unpaired) electrons. The molecule has 0 fully saturated rings.